The second-order valence-corrected chi connectivity index (χ2v) is 6.02. The van der Waals surface area contributed by atoms with Crippen LogP contribution in [0.5, 0.6) is 5.75 Å². The predicted octanol–water partition coefficient (Wildman–Crippen LogP) is 2.36. The summed E-state index contributed by atoms with van der Waals surface area (Å²) in [7, 11) is 3.08. The maximum Gasteiger partial charge on any atom is 0.311 e. The van der Waals surface area contributed by atoms with E-state index in [9.17, 15) is 4.79 Å². The zero-order chi connectivity index (χ0) is 17.1. The lowest BCUT2D eigenvalue weighted by Crippen LogP contribution is -2.12. The molecule has 24 heavy (non-hydrogen) atoms. The highest BCUT2D eigenvalue weighted by atomic mass is 16.5. The molecule has 0 unspecified atom stereocenters. The van der Waals surface area contributed by atoms with Gasteiger partial charge >= 0.3 is 5.97 Å². The lowest BCUT2D eigenvalue weighted by atomic mass is 9.86. The first kappa shape index (κ1) is 16.6. The number of fused-ring (bicyclic) bond motifs is 3. The average Bonchev–Trinajstić information content (AvgIpc) is 2.96. The fraction of sp³-hybridized carbons (Fsp3) is 0.421. The summed E-state index contributed by atoms with van der Waals surface area (Å²) in [5.74, 6) is 0.605. The molecule has 2 aromatic rings. The van der Waals surface area contributed by atoms with Crippen molar-refractivity contribution in [2.24, 2.45) is 0 Å². The summed E-state index contributed by atoms with van der Waals surface area (Å²) < 4.78 is 12.3. The van der Waals surface area contributed by atoms with E-state index in [1.165, 1.54) is 23.8 Å². The van der Waals surface area contributed by atoms with Gasteiger partial charge in [0.05, 0.1) is 20.6 Å². The van der Waals surface area contributed by atoms with Crippen LogP contribution in [-0.2, 0) is 35.3 Å². The number of hydrogen-bond donors (Lipinski definition) is 1. The number of rotatable bonds is 6. The standard InChI is InChI=1S/C19H23NO4/c1-23-15-6-7-16-13(10-15)4-5-14-12-20(8-3-9-21)17(19(14)16)11-18(22)24-2/h6-7,10,12,21H,3-5,8-9,11H2,1-2H3. The Morgan fingerprint density at radius 2 is 2.04 bits per heavy atom. The van der Waals surface area contributed by atoms with Gasteiger partial charge in [-0.1, -0.05) is 6.07 Å². The Morgan fingerprint density at radius 3 is 2.75 bits per heavy atom. The van der Waals surface area contributed by atoms with Crippen molar-refractivity contribution >= 4 is 5.97 Å². The first-order chi connectivity index (χ1) is 11.7. The van der Waals surface area contributed by atoms with Crippen molar-refractivity contribution in [3.63, 3.8) is 0 Å². The van der Waals surface area contributed by atoms with E-state index in [2.05, 4.69) is 22.9 Å². The van der Waals surface area contributed by atoms with Crippen LogP contribution in [0.15, 0.2) is 24.4 Å². The molecule has 0 atom stereocenters. The number of aromatic nitrogens is 1. The molecule has 1 aromatic heterocycles. The minimum Gasteiger partial charge on any atom is -0.497 e. The predicted molar refractivity (Wildman–Crippen MR) is 91.3 cm³/mol. The van der Waals surface area contributed by atoms with Gasteiger partial charge in [-0.25, -0.2) is 0 Å². The Bertz CT molecular complexity index is 748. The lowest BCUT2D eigenvalue weighted by molar-refractivity contribution is -0.139. The molecule has 3 rings (SSSR count). The molecule has 1 N–H and O–H groups in total. The number of aryl methyl sites for hydroxylation is 3. The minimum absolute atomic E-state index is 0.133. The number of aliphatic hydroxyl groups is 1. The summed E-state index contributed by atoms with van der Waals surface area (Å²) in [6.45, 7) is 0.829. The number of ether oxygens (including phenoxy) is 2. The third kappa shape index (κ3) is 3.04. The summed E-state index contributed by atoms with van der Waals surface area (Å²) in [4.78, 5) is 11.9. The number of carbonyl (C=O) groups is 1. The second-order valence-electron chi connectivity index (χ2n) is 6.02. The zero-order valence-electron chi connectivity index (χ0n) is 14.2. The average molecular weight is 329 g/mol. The second kappa shape index (κ2) is 7.09. The summed E-state index contributed by atoms with van der Waals surface area (Å²) >= 11 is 0. The third-order valence-corrected chi connectivity index (χ3v) is 4.61. The summed E-state index contributed by atoms with van der Waals surface area (Å²) in [6, 6.07) is 6.11. The highest BCUT2D eigenvalue weighted by Crippen LogP contribution is 2.39. The van der Waals surface area contributed by atoms with Gasteiger partial charge in [0.1, 0.15) is 5.75 Å². The first-order valence-electron chi connectivity index (χ1n) is 8.23. The fourth-order valence-electron chi connectivity index (χ4n) is 3.43. The molecule has 1 aromatic carbocycles. The zero-order valence-corrected chi connectivity index (χ0v) is 14.2. The van der Waals surface area contributed by atoms with Crippen LogP contribution in [0.3, 0.4) is 0 Å². The summed E-state index contributed by atoms with van der Waals surface area (Å²) in [6.07, 6.45) is 4.92. The van der Waals surface area contributed by atoms with Gasteiger partial charge in [0.25, 0.3) is 0 Å². The van der Waals surface area contributed by atoms with Crippen molar-refractivity contribution in [2.75, 3.05) is 20.8 Å². The Morgan fingerprint density at radius 1 is 1.25 bits per heavy atom. The van der Waals surface area contributed by atoms with Gasteiger partial charge in [-0.05, 0) is 48.1 Å². The van der Waals surface area contributed by atoms with Crippen LogP contribution in [0.4, 0.5) is 0 Å². The highest BCUT2D eigenvalue weighted by molar-refractivity contribution is 5.81. The van der Waals surface area contributed by atoms with Gasteiger partial charge in [0, 0.05) is 30.6 Å². The highest BCUT2D eigenvalue weighted by Gasteiger charge is 2.25. The molecule has 1 aliphatic rings. The van der Waals surface area contributed by atoms with E-state index < -0.39 is 0 Å². The van der Waals surface area contributed by atoms with Crippen LogP contribution in [0, 0.1) is 0 Å². The van der Waals surface area contributed by atoms with Gasteiger partial charge in [-0.3, -0.25) is 4.79 Å². The molecule has 5 heteroatoms. The van der Waals surface area contributed by atoms with E-state index in [0.717, 1.165) is 29.8 Å². The molecule has 0 spiro atoms. The van der Waals surface area contributed by atoms with Gasteiger partial charge in [0.15, 0.2) is 0 Å². The van der Waals surface area contributed by atoms with Crippen LogP contribution in [0.2, 0.25) is 0 Å². The SMILES string of the molecule is COC(=O)Cc1c2c(cn1CCCO)CCc1cc(OC)ccc1-2. The van der Waals surface area contributed by atoms with Gasteiger partial charge < -0.3 is 19.1 Å². The number of esters is 1. The first-order valence-corrected chi connectivity index (χ1v) is 8.23. The van der Waals surface area contributed by atoms with Crippen LogP contribution in [0.25, 0.3) is 11.1 Å². The van der Waals surface area contributed by atoms with Crippen molar-refractivity contribution in [3.05, 3.63) is 41.2 Å². The molecule has 5 nitrogen and oxygen atoms in total. The molecular formula is C19H23NO4. The van der Waals surface area contributed by atoms with E-state index in [1.807, 2.05) is 6.07 Å². The molecule has 1 aliphatic carbocycles. The van der Waals surface area contributed by atoms with Gasteiger partial charge in [-0.2, -0.15) is 0 Å². The van der Waals surface area contributed by atoms with Crippen LogP contribution < -0.4 is 4.74 Å². The summed E-state index contributed by atoms with van der Waals surface area (Å²) in [5, 5.41) is 9.15. The minimum atomic E-state index is -0.248. The largest absolute Gasteiger partial charge is 0.497 e. The molecule has 1 heterocycles. The lowest BCUT2D eigenvalue weighted by Gasteiger charge is -2.19. The molecule has 0 saturated carbocycles. The monoisotopic (exact) mass is 329 g/mol. The number of methoxy groups -OCH3 is 2. The smallest absolute Gasteiger partial charge is 0.311 e. The van der Waals surface area contributed by atoms with Crippen molar-refractivity contribution in [3.8, 4) is 16.9 Å². The number of hydrogen-bond acceptors (Lipinski definition) is 4. The van der Waals surface area contributed by atoms with E-state index in [4.69, 9.17) is 14.6 Å². The van der Waals surface area contributed by atoms with E-state index in [0.29, 0.717) is 13.0 Å². The Labute approximate surface area is 141 Å². The third-order valence-electron chi connectivity index (χ3n) is 4.61. The summed E-state index contributed by atoms with van der Waals surface area (Å²) in [5.41, 5.74) is 5.77. The molecule has 0 bridgehead atoms. The number of carbonyl (C=O) groups excluding carboxylic acids is 1. The van der Waals surface area contributed by atoms with Gasteiger partial charge in [-0.15, -0.1) is 0 Å². The topological polar surface area (TPSA) is 60.7 Å². The molecule has 0 radical (unpaired) electrons. The van der Waals surface area contributed by atoms with Crippen molar-refractivity contribution in [1.29, 1.82) is 0 Å². The van der Waals surface area contributed by atoms with Crippen LogP contribution in [-0.4, -0.2) is 36.5 Å². The maximum atomic E-state index is 11.9. The molecule has 0 amide bonds. The van der Waals surface area contributed by atoms with E-state index >= 15 is 0 Å². The molecule has 0 fully saturated rings. The molecule has 128 valence electrons. The fourth-order valence-corrected chi connectivity index (χ4v) is 3.43. The van der Waals surface area contributed by atoms with Crippen molar-refractivity contribution < 1.29 is 19.4 Å². The van der Waals surface area contributed by atoms with Crippen LogP contribution in [0.1, 0.15) is 23.2 Å². The molecule has 0 saturated heterocycles. The van der Waals surface area contributed by atoms with E-state index in [-0.39, 0.29) is 19.0 Å². The Kier molecular flexibility index (Phi) is 4.90. The Hall–Kier alpha value is -2.27. The van der Waals surface area contributed by atoms with Gasteiger partial charge in [0.2, 0.25) is 0 Å². The molecular weight excluding hydrogens is 306 g/mol. The van der Waals surface area contributed by atoms with Crippen molar-refractivity contribution in [1.82, 2.24) is 4.57 Å². The number of benzene rings is 1. The maximum absolute atomic E-state index is 11.9. The van der Waals surface area contributed by atoms with Crippen LogP contribution >= 0.6 is 0 Å². The molecule has 0 aliphatic heterocycles. The van der Waals surface area contributed by atoms with Crippen molar-refractivity contribution in [2.45, 2.75) is 32.2 Å². The number of aliphatic hydroxyl groups excluding tert-OH is 1. The Balaban J connectivity index is 2.09. The normalized spacial score (nSPS) is 12.5. The van der Waals surface area contributed by atoms with E-state index in [1.54, 1.807) is 7.11 Å². The quantitative estimate of drug-likeness (QED) is 0.827. The number of nitrogens with zero attached hydrogens (tertiary/aromatic N) is 1.